The molecule has 3 heterocycles. The lowest BCUT2D eigenvalue weighted by atomic mass is 9.73. The molecule has 2 bridgehead atoms. The van der Waals surface area contributed by atoms with E-state index in [9.17, 15) is 50.8 Å². The van der Waals surface area contributed by atoms with Crippen molar-refractivity contribution >= 4 is 5.97 Å². The third-order valence-corrected chi connectivity index (χ3v) is 14.5. The summed E-state index contributed by atoms with van der Waals surface area (Å²) in [5.41, 5.74) is -2.18. The van der Waals surface area contributed by atoms with Gasteiger partial charge in [-0.05, 0) is 69.6 Å². The molecule has 21 atom stereocenters. The number of hydrogen-bond donors (Lipinski definition) is 9. The van der Waals surface area contributed by atoms with Gasteiger partial charge in [0.2, 0.25) is 0 Å². The predicted molar refractivity (Wildman–Crippen MR) is 234 cm³/mol. The van der Waals surface area contributed by atoms with Crippen LogP contribution in [0, 0.1) is 47.3 Å². The van der Waals surface area contributed by atoms with Crippen LogP contribution in [0.25, 0.3) is 0 Å². The van der Waals surface area contributed by atoms with Crippen LogP contribution in [0.15, 0.2) is 36.5 Å². The van der Waals surface area contributed by atoms with Crippen LogP contribution in [0.3, 0.4) is 0 Å². The van der Waals surface area contributed by atoms with E-state index >= 15 is 0 Å². The van der Waals surface area contributed by atoms with Crippen LogP contribution in [-0.2, 0) is 19.0 Å². The Kier molecular flexibility index (Phi) is 21.1. The van der Waals surface area contributed by atoms with Crippen LogP contribution >= 0.6 is 0 Å². The monoisotopic (exact) mass is 869 g/mol. The maximum absolute atomic E-state index is 13.7. The molecule has 354 valence electrons. The lowest BCUT2D eigenvalue weighted by Crippen LogP contribution is -2.63. The third kappa shape index (κ3) is 13.6. The van der Waals surface area contributed by atoms with Gasteiger partial charge in [0, 0.05) is 48.5 Å². The Bertz CT molecular complexity index is 1410. The van der Waals surface area contributed by atoms with Gasteiger partial charge in [0.15, 0.2) is 5.79 Å². The predicted octanol–water partition coefficient (Wildman–Crippen LogP) is 4.72. The molecule has 3 aliphatic heterocycles. The van der Waals surface area contributed by atoms with Gasteiger partial charge in [-0.15, -0.1) is 0 Å². The van der Waals surface area contributed by atoms with Crippen LogP contribution in [0.5, 0.6) is 0 Å². The molecule has 9 N–H and O–H groups in total. The van der Waals surface area contributed by atoms with E-state index in [0.717, 1.165) is 6.42 Å². The minimum absolute atomic E-state index is 0.0486. The average molecular weight is 869 g/mol. The van der Waals surface area contributed by atoms with E-state index in [4.69, 9.17) is 14.2 Å². The summed E-state index contributed by atoms with van der Waals surface area (Å²) in [6.45, 7) is 18.5. The summed E-state index contributed by atoms with van der Waals surface area (Å²) in [5, 5.41) is 100. The van der Waals surface area contributed by atoms with Gasteiger partial charge in [-0.2, -0.15) is 0 Å². The molecule has 0 radical (unpaired) electrons. The second-order valence-corrected chi connectivity index (χ2v) is 19.5. The lowest BCUT2D eigenvalue weighted by Gasteiger charge is -2.56. The molecule has 3 aliphatic rings. The molecule has 21 unspecified atom stereocenters. The van der Waals surface area contributed by atoms with E-state index in [2.05, 4.69) is 6.92 Å². The average Bonchev–Trinajstić information content (AvgIpc) is 3.22. The summed E-state index contributed by atoms with van der Waals surface area (Å²) in [4.78, 5) is 13.7. The van der Waals surface area contributed by atoms with Crippen molar-refractivity contribution in [3.8, 4) is 0 Å². The van der Waals surface area contributed by atoms with Gasteiger partial charge in [-0.1, -0.05) is 99.1 Å². The van der Waals surface area contributed by atoms with Crippen molar-refractivity contribution in [1.29, 1.82) is 0 Å². The fraction of sp³-hybridized carbons (Fsp3) is 0.854. The molecule has 2 saturated heterocycles. The maximum Gasteiger partial charge on any atom is 0.330 e. The van der Waals surface area contributed by atoms with Crippen molar-refractivity contribution in [3.05, 3.63) is 36.5 Å². The van der Waals surface area contributed by atoms with E-state index in [1.54, 1.807) is 34.6 Å². The highest BCUT2D eigenvalue weighted by molar-refractivity contribution is 5.82. The van der Waals surface area contributed by atoms with Crippen molar-refractivity contribution in [1.82, 2.24) is 0 Å². The Balaban J connectivity index is 2.04. The number of hydrogen-bond acceptors (Lipinski definition) is 13. The molecule has 0 aliphatic carbocycles. The first-order valence-corrected chi connectivity index (χ1v) is 23.3. The fourth-order valence-electron chi connectivity index (χ4n) is 10.1. The number of ether oxygens (including phenoxy) is 3. The molecule has 1 spiro atoms. The fourth-order valence-corrected chi connectivity index (χ4v) is 10.1. The van der Waals surface area contributed by atoms with Crippen molar-refractivity contribution in [3.63, 3.8) is 0 Å². The molecule has 13 heteroatoms. The SMILES string of the molecule is CCCC1(O)C(O)C(C)CC=CC=CC(CC(C)O)CCC2OC3(CCC(C)C(C(C)C(O)CC)O3)C(C)C(OC(=O)C=CC(C)C(O)C(C)C(O)CC(O)C(O)C1O)C2C. The number of aliphatic hydroxyl groups is 9. The smallest absolute Gasteiger partial charge is 0.330 e. The van der Waals surface area contributed by atoms with Crippen LogP contribution in [-0.4, -0.2) is 130 Å². The first-order chi connectivity index (χ1) is 28.5. The van der Waals surface area contributed by atoms with Crippen molar-refractivity contribution in [2.24, 2.45) is 47.3 Å². The van der Waals surface area contributed by atoms with E-state index in [0.29, 0.717) is 44.9 Å². The first kappa shape index (κ1) is 53.6. The molecule has 13 nitrogen and oxygen atoms in total. The number of carbonyl (C=O) groups is 1. The van der Waals surface area contributed by atoms with Gasteiger partial charge >= 0.3 is 5.97 Å². The highest BCUT2D eigenvalue weighted by Gasteiger charge is 2.57. The first-order valence-electron chi connectivity index (χ1n) is 23.3. The van der Waals surface area contributed by atoms with Crippen LogP contribution in [0.1, 0.15) is 133 Å². The Hall–Kier alpha value is -1.75. The minimum atomic E-state index is -2.18. The van der Waals surface area contributed by atoms with Crippen LogP contribution in [0.2, 0.25) is 0 Å². The maximum atomic E-state index is 13.7. The van der Waals surface area contributed by atoms with Crippen molar-refractivity contribution in [2.45, 2.75) is 212 Å². The van der Waals surface area contributed by atoms with Crippen molar-refractivity contribution < 1.29 is 65.0 Å². The number of esters is 1. The molecule has 61 heavy (non-hydrogen) atoms. The quantitative estimate of drug-likeness (QED) is 0.158. The molecular weight excluding hydrogens is 785 g/mol. The number of carbonyl (C=O) groups excluding carboxylic acids is 1. The molecule has 3 rings (SSSR count). The molecular formula is C48H84O13. The summed E-state index contributed by atoms with van der Waals surface area (Å²) in [6, 6.07) is 0. The molecule has 0 aromatic heterocycles. The lowest BCUT2D eigenvalue weighted by molar-refractivity contribution is -0.376. The van der Waals surface area contributed by atoms with Gasteiger partial charge in [0.1, 0.15) is 23.9 Å². The topological polar surface area (TPSA) is 227 Å². The summed E-state index contributed by atoms with van der Waals surface area (Å²) in [6.07, 6.45) is 2.11. The second kappa shape index (κ2) is 24.0. The number of rotatable bonds is 7. The zero-order valence-electron chi connectivity index (χ0n) is 38.7. The van der Waals surface area contributed by atoms with Gasteiger partial charge < -0.3 is 60.2 Å². The van der Waals surface area contributed by atoms with Gasteiger partial charge in [-0.25, -0.2) is 4.79 Å². The molecule has 2 fully saturated rings. The van der Waals surface area contributed by atoms with Crippen LogP contribution < -0.4 is 0 Å². The second-order valence-electron chi connectivity index (χ2n) is 19.5. The molecule has 0 aromatic rings. The largest absolute Gasteiger partial charge is 0.458 e. The Morgan fingerprint density at radius 2 is 1.48 bits per heavy atom. The van der Waals surface area contributed by atoms with Gasteiger partial charge in [-0.3, -0.25) is 0 Å². The molecule has 0 amide bonds. The summed E-state index contributed by atoms with van der Waals surface area (Å²) in [5.74, 6) is -4.43. The zero-order chi connectivity index (χ0) is 46.0. The number of allylic oxidation sites excluding steroid dienone is 4. The number of aliphatic hydroxyl groups excluding tert-OH is 8. The zero-order valence-corrected chi connectivity index (χ0v) is 38.7. The third-order valence-electron chi connectivity index (χ3n) is 14.5. The molecule has 0 saturated carbocycles. The van der Waals surface area contributed by atoms with E-state index in [1.165, 1.54) is 12.2 Å². The summed E-state index contributed by atoms with van der Waals surface area (Å²) >= 11 is 0. The summed E-state index contributed by atoms with van der Waals surface area (Å²) in [7, 11) is 0. The van der Waals surface area contributed by atoms with Gasteiger partial charge in [0.25, 0.3) is 0 Å². The highest BCUT2D eigenvalue weighted by atomic mass is 16.7. The van der Waals surface area contributed by atoms with E-state index < -0.39 is 96.5 Å². The minimum Gasteiger partial charge on any atom is -0.458 e. The highest BCUT2D eigenvalue weighted by Crippen LogP contribution is 2.49. The normalized spacial score (nSPS) is 44.6. The van der Waals surface area contributed by atoms with Crippen molar-refractivity contribution in [2.75, 3.05) is 0 Å². The van der Waals surface area contributed by atoms with Gasteiger partial charge in [0.05, 0.1) is 48.8 Å². The van der Waals surface area contributed by atoms with E-state index in [1.807, 2.05) is 52.0 Å². The standard InChI is InChI=1S/C48H84O13/c1-11-23-47(58)45(56)29(5)16-14-13-15-17-35(25-30(6)49)19-20-39-33(9)44(34(10)48(60-39)24-22-28(4)43(61-48)32(8)36(50)12-2)59-40(53)21-18-27(3)41(54)31(7)37(51)26-38(52)42(55)46(47)57/h13-15,17-18,21,27-39,41-46,49-52,54-58H,11-12,16,19-20,22-26H2,1-10H3. The van der Waals surface area contributed by atoms with Crippen LogP contribution in [0.4, 0.5) is 0 Å². The van der Waals surface area contributed by atoms with E-state index in [-0.39, 0.29) is 48.2 Å². The Labute approximate surface area is 365 Å². The summed E-state index contributed by atoms with van der Waals surface area (Å²) < 4.78 is 20.3. The Morgan fingerprint density at radius 3 is 2.10 bits per heavy atom. The number of fused-ring (bicyclic) bond motifs is 2. The Morgan fingerprint density at radius 1 is 0.803 bits per heavy atom. The molecule has 0 aromatic carbocycles.